The van der Waals surface area contributed by atoms with E-state index in [1.54, 1.807) is 11.3 Å². The summed E-state index contributed by atoms with van der Waals surface area (Å²) in [6.07, 6.45) is 0. The van der Waals surface area contributed by atoms with Crippen LogP contribution in [-0.4, -0.2) is 9.66 Å². The van der Waals surface area contributed by atoms with Gasteiger partial charge in [-0.1, -0.05) is 0 Å². The first-order valence-corrected chi connectivity index (χ1v) is 5.84. The fraction of sp³-hybridized carbons (Fsp3) is 0.364. The monoisotopic (exact) mass is 221 g/mol. The second-order valence-electron chi connectivity index (χ2n) is 3.65. The average Bonchev–Trinajstić information content (AvgIpc) is 2.73. The van der Waals surface area contributed by atoms with Gasteiger partial charge in [0, 0.05) is 16.3 Å². The highest BCUT2D eigenvalue weighted by atomic mass is 32.1. The van der Waals surface area contributed by atoms with Crippen molar-refractivity contribution in [2.24, 2.45) is 0 Å². The molecule has 1 N–H and O–H groups in total. The molecule has 0 radical (unpaired) electrons. The van der Waals surface area contributed by atoms with Crippen LogP contribution in [0.3, 0.4) is 0 Å². The van der Waals surface area contributed by atoms with Gasteiger partial charge in [0.1, 0.15) is 0 Å². The van der Waals surface area contributed by atoms with Crippen LogP contribution in [0.2, 0.25) is 0 Å². The molecular weight excluding hydrogens is 206 g/mol. The van der Waals surface area contributed by atoms with Gasteiger partial charge < -0.3 is 5.43 Å². The van der Waals surface area contributed by atoms with Crippen molar-refractivity contribution in [3.8, 4) is 0 Å². The zero-order valence-corrected chi connectivity index (χ0v) is 10.1. The van der Waals surface area contributed by atoms with Crippen LogP contribution >= 0.6 is 11.3 Å². The topological polar surface area (TPSA) is 29.9 Å². The Hall–Kier alpha value is -1.29. The molecule has 0 aromatic carbocycles. The Morgan fingerprint density at radius 1 is 1.27 bits per heavy atom. The van der Waals surface area contributed by atoms with E-state index in [1.165, 1.54) is 16.3 Å². The number of nitrogens with zero attached hydrogens (tertiary/aromatic N) is 2. The number of aromatic nitrogens is 2. The third kappa shape index (κ3) is 2.04. The Balaban J connectivity index is 2.08. The number of aryl methyl sites for hydroxylation is 3. The van der Waals surface area contributed by atoms with E-state index in [2.05, 4.69) is 41.1 Å². The Labute approximate surface area is 93.7 Å². The Bertz CT molecular complexity index is 437. The summed E-state index contributed by atoms with van der Waals surface area (Å²) in [5.74, 6) is 0. The molecule has 0 fully saturated rings. The van der Waals surface area contributed by atoms with Crippen LogP contribution in [-0.2, 0) is 6.54 Å². The molecule has 15 heavy (non-hydrogen) atoms. The fourth-order valence-electron chi connectivity index (χ4n) is 1.56. The second-order valence-corrected chi connectivity index (χ2v) is 4.59. The van der Waals surface area contributed by atoms with Gasteiger partial charge in [0.15, 0.2) is 0 Å². The molecule has 0 bridgehead atoms. The lowest BCUT2D eigenvalue weighted by atomic mass is 10.4. The van der Waals surface area contributed by atoms with E-state index in [-0.39, 0.29) is 0 Å². The van der Waals surface area contributed by atoms with E-state index in [9.17, 15) is 0 Å². The van der Waals surface area contributed by atoms with Crippen molar-refractivity contribution >= 4 is 11.3 Å². The highest BCUT2D eigenvalue weighted by molar-refractivity contribution is 7.09. The van der Waals surface area contributed by atoms with Crippen LogP contribution in [0.25, 0.3) is 0 Å². The standard InChI is InChI=1S/C11H15N3S/c1-8-4-5-9(2)14(8)13-6-11-10(3)12-7-15-11/h4-5,7,13H,6H2,1-3H3. The minimum Gasteiger partial charge on any atom is -0.321 e. The van der Waals surface area contributed by atoms with E-state index in [1.807, 2.05) is 12.4 Å². The van der Waals surface area contributed by atoms with E-state index in [4.69, 9.17) is 0 Å². The molecule has 0 atom stereocenters. The molecule has 3 nitrogen and oxygen atoms in total. The molecule has 0 aliphatic carbocycles. The Morgan fingerprint density at radius 3 is 2.47 bits per heavy atom. The second kappa shape index (κ2) is 4.06. The van der Waals surface area contributed by atoms with Crippen molar-refractivity contribution in [3.05, 3.63) is 39.6 Å². The fourth-order valence-corrected chi connectivity index (χ4v) is 2.27. The SMILES string of the molecule is Cc1ncsc1CNn1c(C)ccc1C. The number of hydrogen-bond donors (Lipinski definition) is 1. The molecule has 0 aliphatic rings. The molecule has 2 aromatic heterocycles. The lowest BCUT2D eigenvalue weighted by molar-refractivity contribution is 0.794. The highest BCUT2D eigenvalue weighted by Crippen LogP contribution is 2.13. The third-order valence-corrected chi connectivity index (χ3v) is 3.45. The summed E-state index contributed by atoms with van der Waals surface area (Å²) in [5.41, 5.74) is 8.86. The molecule has 0 spiro atoms. The van der Waals surface area contributed by atoms with Crippen LogP contribution in [0, 0.1) is 20.8 Å². The summed E-state index contributed by atoms with van der Waals surface area (Å²) in [7, 11) is 0. The first-order valence-electron chi connectivity index (χ1n) is 4.96. The van der Waals surface area contributed by atoms with Gasteiger partial charge in [0.05, 0.1) is 17.7 Å². The van der Waals surface area contributed by atoms with E-state index in [0.29, 0.717) is 0 Å². The first-order chi connectivity index (χ1) is 7.18. The van der Waals surface area contributed by atoms with Crippen molar-refractivity contribution in [2.75, 3.05) is 5.43 Å². The first kappa shape index (κ1) is 10.2. The van der Waals surface area contributed by atoms with Crippen molar-refractivity contribution in [2.45, 2.75) is 27.3 Å². The van der Waals surface area contributed by atoms with Gasteiger partial charge >= 0.3 is 0 Å². The van der Waals surface area contributed by atoms with Gasteiger partial charge in [-0.15, -0.1) is 11.3 Å². The summed E-state index contributed by atoms with van der Waals surface area (Å²) in [6, 6.07) is 4.23. The predicted molar refractivity (Wildman–Crippen MR) is 63.8 cm³/mol. The minimum atomic E-state index is 0.840. The maximum Gasteiger partial charge on any atom is 0.0798 e. The summed E-state index contributed by atoms with van der Waals surface area (Å²) < 4.78 is 2.11. The van der Waals surface area contributed by atoms with Gasteiger partial charge in [-0.3, -0.25) is 4.68 Å². The molecular formula is C11H15N3S. The Kier molecular flexibility index (Phi) is 2.77. The van der Waals surface area contributed by atoms with E-state index >= 15 is 0 Å². The van der Waals surface area contributed by atoms with Gasteiger partial charge in [-0.25, -0.2) is 4.98 Å². The van der Waals surface area contributed by atoms with Crippen LogP contribution in [0.1, 0.15) is 22.0 Å². The molecule has 4 heteroatoms. The van der Waals surface area contributed by atoms with Crippen molar-refractivity contribution in [3.63, 3.8) is 0 Å². The molecule has 2 rings (SSSR count). The van der Waals surface area contributed by atoms with Crippen LogP contribution < -0.4 is 5.43 Å². The lowest BCUT2D eigenvalue weighted by Gasteiger charge is -2.11. The third-order valence-electron chi connectivity index (χ3n) is 2.51. The quantitative estimate of drug-likeness (QED) is 0.863. The smallest absolute Gasteiger partial charge is 0.0798 e. The molecule has 2 aromatic rings. The number of rotatable bonds is 3. The van der Waals surface area contributed by atoms with Crippen molar-refractivity contribution in [1.82, 2.24) is 9.66 Å². The minimum absolute atomic E-state index is 0.840. The normalized spacial score (nSPS) is 10.6. The molecule has 0 unspecified atom stereocenters. The number of thiazole rings is 1. The van der Waals surface area contributed by atoms with Crippen LogP contribution in [0.5, 0.6) is 0 Å². The van der Waals surface area contributed by atoms with Gasteiger partial charge in [0.25, 0.3) is 0 Å². The highest BCUT2D eigenvalue weighted by Gasteiger charge is 2.03. The predicted octanol–water partition coefficient (Wildman–Crippen LogP) is 2.61. The van der Waals surface area contributed by atoms with E-state index < -0.39 is 0 Å². The maximum absolute atomic E-state index is 4.23. The summed E-state index contributed by atoms with van der Waals surface area (Å²) in [5, 5.41) is 0. The number of hydrogen-bond acceptors (Lipinski definition) is 3. The molecule has 80 valence electrons. The lowest BCUT2D eigenvalue weighted by Crippen LogP contribution is -2.16. The molecule has 0 saturated heterocycles. The maximum atomic E-state index is 4.23. The molecule has 0 saturated carbocycles. The number of nitrogens with one attached hydrogen (secondary N) is 1. The summed E-state index contributed by atoms with van der Waals surface area (Å²) >= 11 is 1.70. The van der Waals surface area contributed by atoms with Crippen LogP contribution in [0.15, 0.2) is 17.6 Å². The van der Waals surface area contributed by atoms with E-state index in [0.717, 1.165) is 12.2 Å². The van der Waals surface area contributed by atoms with Crippen molar-refractivity contribution in [1.29, 1.82) is 0 Å². The van der Waals surface area contributed by atoms with Crippen LogP contribution in [0.4, 0.5) is 0 Å². The van der Waals surface area contributed by atoms with Gasteiger partial charge in [-0.2, -0.15) is 0 Å². The van der Waals surface area contributed by atoms with Crippen molar-refractivity contribution < 1.29 is 0 Å². The average molecular weight is 221 g/mol. The van der Waals surface area contributed by atoms with Gasteiger partial charge in [-0.05, 0) is 32.9 Å². The zero-order chi connectivity index (χ0) is 10.8. The molecule has 0 amide bonds. The Morgan fingerprint density at radius 2 is 1.93 bits per heavy atom. The molecule has 0 aliphatic heterocycles. The largest absolute Gasteiger partial charge is 0.321 e. The van der Waals surface area contributed by atoms with Gasteiger partial charge in [0.2, 0.25) is 0 Å². The summed E-state index contributed by atoms with van der Waals surface area (Å²) in [6.45, 7) is 7.08. The molecule has 2 heterocycles. The zero-order valence-electron chi connectivity index (χ0n) is 9.24. The summed E-state index contributed by atoms with van der Waals surface area (Å²) in [4.78, 5) is 5.52.